The van der Waals surface area contributed by atoms with E-state index in [1.165, 1.54) is 13.2 Å². The Balaban J connectivity index is 1.49. The average molecular weight is 605 g/mol. The predicted octanol–water partition coefficient (Wildman–Crippen LogP) is 5.87. The maximum atomic E-state index is 13.0. The predicted molar refractivity (Wildman–Crippen MR) is 145 cm³/mol. The summed E-state index contributed by atoms with van der Waals surface area (Å²) in [6.45, 7) is -0.274. The minimum Gasteiger partial charge on any atom is -0.495 e. The number of halogens is 3. The van der Waals surface area contributed by atoms with Gasteiger partial charge in [0.1, 0.15) is 30.3 Å². The first-order chi connectivity index (χ1) is 17.7. The van der Waals surface area contributed by atoms with E-state index in [9.17, 15) is 14.4 Å². The van der Waals surface area contributed by atoms with Gasteiger partial charge >= 0.3 is 6.03 Å². The lowest BCUT2D eigenvalue weighted by molar-refractivity contribution is -0.127. The number of hydrogen-bond acceptors (Lipinski definition) is 5. The van der Waals surface area contributed by atoms with Crippen molar-refractivity contribution in [2.45, 2.75) is 6.61 Å². The molecule has 1 aliphatic heterocycles. The largest absolute Gasteiger partial charge is 0.495 e. The summed E-state index contributed by atoms with van der Waals surface area (Å²) in [4.78, 5) is 38.8. The van der Waals surface area contributed by atoms with Crippen LogP contribution < -0.4 is 20.1 Å². The van der Waals surface area contributed by atoms with E-state index in [-0.39, 0.29) is 12.3 Å². The normalized spacial score (nSPS) is 14.1. The monoisotopic (exact) mass is 603 g/mol. The van der Waals surface area contributed by atoms with Gasteiger partial charge in [0.2, 0.25) is 5.91 Å². The fraction of sp³-hybridized carbons (Fsp3) is 0.115. The number of urea groups is 1. The van der Waals surface area contributed by atoms with Crippen molar-refractivity contribution in [3.63, 3.8) is 0 Å². The Morgan fingerprint density at radius 3 is 2.59 bits per heavy atom. The molecule has 0 aromatic heterocycles. The van der Waals surface area contributed by atoms with Gasteiger partial charge in [-0.1, -0.05) is 57.3 Å². The zero-order valence-corrected chi connectivity index (χ0v) is 22.5. The minimum absolute atomic E-state index is 0.00702. The summed E-state index contributed by atoms with van der Waals surface area (Å²) >= 11 is 15.5. The van der Waals surface area contributed by atoms with E-state index in [4.69, 9.17) is 32.7 Å². The number of rotatable bonds is 8. The molecule has 2 N–H and O–H groups in total. The lowest BCUT2D eigenvalue weighted by Gasteiger charge is -2.13. The molecule has 1 fully saturated rings. The molecule has 3 aromatic carbocycles. The zero-order chi connectivity index (χ0) is 26.5. The second-order valence-electron chi connectivity index (χ2n) is 7.85. The Kier molecular flexibility index (Phi) is 8.38. The molecular formula is C26H20BrCl2N3O5. The number of anilines is 1. The van der Waals surface area contributed by atoms with Crippen LogP contribution in [0.3, 0.4) is 0 Å². The lowest BCUT2D eigenvalue weighted by Crippen LogP contribution is -2.38. The number of carbonyl (C=O) groups excluding carboxylic acids is 3. The molecule has 4 rings (SSSR count). The highest BCUT2D eigenvalue weighted by Crippen LogP contribution is 2.29. The summed E-state index contributed by atoms with van der Waals surface area (Å²) in [5, 5.41) is 6.02. The van der Waals surface area contributed by atoms with Crippen molar-refractivity contribution in [3.05, 3.63) is 92.0 Å². The van der Waals surface area contributed by atoms with Gasteiger partial charge in [0.25, 0.3) is 5.91 Å². The van der Waals surface area contributed by atoms with Crippen molar-refractivity contribution in [3.8, 4) is 11.5 Å². The zero-order valence-electron chi connectivity index (χ0n) is 19.4. The van der Waals surface area contributed by atoms with Crippen molar-refractivity contribution in [2.24, 2.45) is 0 Å². The van der Waals surface area contributed by atoms with Gasteiger partial charge in [0.15, 0.2) is 0 Å². The highest BCUT2D eigenvalue weighted by atomic mass is 79.9. The number of ether oxygens (including phenoxy) is 2. The van der Waals surface area contributed by atoms with Gasteiger partial charge < -0.3 is 20.1 Å². The van der Waals surface area contributed by atoms with Crippen LogP contribution in [0.2, 0.25) is 10.0 Å². The molecule has 0 atom stereocenters. The summed E-state index contributed by atoms with van der Waals surface area (Å²) in [5.74, 6) is -0.272. The molecule has 0 aliphatic carbocycles. The van der Waals surface area contributed by atoms with E-state index < -0.39 is 24.4 Å². The maximum Gasteiger partial charge on any atom is 0.329 e. The van der Waals surface area contributed by atoms with Crippen LogP contribution in [-0.2, 0) is 16.2 Å². The highest BCUT2D eigenvalue weighted by Gasteiger charge is 2.35. The number of carbonyl (C=O) groups is 3. The van der Waals surface area contributed by atoms with Gasteiger partial charge in [-0.05, 0) is 54.1 Å². The second-order valence-corrected chi connectivity index (χ2v) is 9.58. The van der Waals surface area contributed by atoms with E-state index in [2.05, 4.69) is 26.6 Å². The van der Waals surface area contributed by atoms with Gasteiger partial charge in [-0.25, -0.2) is 9.69 Å². The number of amides is 4. The second kappa shape index (κ2) is 11.7. The van der Waals surface area contributed by atoms with Crippen molar-refractivity contribution >= 4 is 68.7 Å². The van der Waals surface area contributed by atoms with Crippen molar-refractivity contribution in [2.75, 3.05) is 19.0 Å². The molecule has 0 bridgehead atoms. The highest BCUT2D eigenvalue weighted by molar-refractivity contribution is 9.10. The summed E-state index contributed by atoms with van der Waals surface area (Å²) < 4.78 is 11.9. The first-order valence-corrected chi connectivity index (χ1v) is 12.4. The smallest absolute Gasteiger partial charge is 0.329 e. The first-order valence-electron chi connectivity index (χ1n) is 10.9. The number of para-hydroxylation sites is 2. The quantitative estimate of drug-likeness (QED) is 0.247. The van der Waals surface area contributed by atoms with Crippen molar-refractivity contribution in [1.82, 2.24) is 10.2 Å². The van der Waals surface area contributed by atoms with Crippen LogP contribution in [0.5, 0.6) is 11.5 Å². The molecule has 0 spiro atoms. The third kappa shape index (κ3) is 6.43. The molecule has 4 amide bonds. The van der Waals surface area contributed by atoms with Crippen LogP contribution in [0.25, 0.3) is 6.08 Å². The molecular weight excluding hydrogens is 585 g/mol. The number of nitrogens with one attached hydrogen (secondary N) is 2. The molecule has 1 saturated heterocycles. The Hall–Kier alpha value is -3.53. The number of imide groups is 1. The maximum absolute atomic E-state index is 13.0. The molecule has 1 aliphatic rings. The topological polar surface area (TPSA) is 97.0 Å². The van der Waals surface area contributed by atoms with Gasteiger partial charge in [0.05, 0.1) is 22.8 Å². The number of methoxy groups -OCH3 is 1. The van der Waals surface area contributed by atoms with E-state index in [0.29, 0.717) is 32.8 Å². The SMILES string of the molecule is COc1ccccc1NC(=O)CN1C(=O)N/C(=C/c2cc(Br)ccc2OCc2ccc(Cl)c(Cl)c2)C1=O. The Labute approximate surface area is 231 Å². The van der Waals surface area contributed by atoms with Crippen LogP contribution in [0.15, 0.2) is 70.8 Å². The molecule has 0 radical (unpaired) electrons. The third-order valence-corrected chi connectivity index (χ3v) is 6.53. The lowest BCUT2D eigenvalue weighted by atomic mass is 10.1. The molecule has 11 heteroatoms. The Morgan fingerprint density at radius 2 is 1.84 bits per heavy atom. The van der Waals surface area contributed by atoms with E-state index >= 15 is 0 Å². The van der Waals surface area contributed by atoms with Gasteiger partial charge in [-0.2, -0.15) is 0 Å². The Bertz CT molecular complexity index is 1410. The molecule has 0 saturated carbocycles. The molecule has 8 nitrogen and oxygen atoms in total. The van der Waals surface area contributed by atoms with E-state index in [1.54, 1.807) is 60.7 Å². The molecule has 3 aromatic rings. The number of nitrogens with zero attached hydrogens (tertiary/aromatic N) is 1. The van der Waals surface area contributed by atoms with Crippen LogP contribution >= 0.6 is 39.1 Å². The molecule has 190 valence electrons. The van der Waals surface area contributed by atoms with E-state index in [1.807, 2.05) is 0 Å². The average Bonchev–Trinajstić information content (AvgIpc) is 3.13. The minimum atomic E-state index is -0.709. The fourth-order valence-corrected chi connectivity index (χ4v) is 4.21. The molecule has 0 unspecified atom stereocenters. The van der Waals surface area contributed by atoms with Gasteiger partial charge in [-0.15, -0.1) is 0 Å². The standard InChI is InChI=1S/C26H20BrCl2N3O5/c1-36-23-5-3-2-4-20(23)30-24(33)13-32-25(34)21(31-26(32)35)12-16-11-17(27)7-9-22(16)37-14-15-6-8-18(28)19(29)10-15/h2-12H,13-14H2,1H3,(H,30,33)(H,31,35)/b21-12+. The number of benzene rings is 3. The Morgan fingerprint density at radius 1 is 1.05 bits per heavy atom. The summed E-state index contributed by atoms with van der Waals surface area (Å²) in [7, 11) is 1.48. The third-order valence-electron chi connectivity index (χ3n) is 5.30. The van der Waals surface area contributed by atoms with E-state index in [0.717, 1.165) is 14.9 Å². The number of hydrogen-bond donors (Lipinski definition) is 2. The molecule has 1 heterocycles. The van der Waals surface area contributed by atoms with Crippen molar-refractivity contribution < 1.29 is 23.9 Å². The first kappa shape index (κ1) is 26.5. The summed E-state index contributed by atoms with van der Waals surface area (Å²) in [5.41, 5.74) is 1.77. The van der Waals surface area contributed by atoms with Crippen LogP contribution in [0, 0.1) is 0 Å². The fourth-order valence-electron chi connectivity index (χ4n) is 3.51. The molecule has 37 heavy (non-hydrogen) atoms. The van der Waals surface area contributed by atoms with Gasteiger partial charge in [0, 0.05) is 10.0 Å². The van der Waals surface area contributed by atoms with Crippen molar-refractivity contribution in [1.29, 1.82) is 0 Å². The summed E-state index contributed by atoms with van der Waals surface area (Å²) in [6.07, 6.45) is 1.49. The van der Waals surface area contributed by atoms with Crippen LogP contribution in [0.4, 0.5) is 10.5 Å². The van der Waals surface area contributed by atoms with Crippen LogP contribution in [-0.4, -0.2) is 36.4 Å². The summed E-state index contributed by atoms with van der Waals surface area (Å²) in [6, 6.07) is 16.5. The van der Waals surface area contributed by atoms with Crippen LogP contribution in [0.1, 0.15) is 11.1 Å². The van der Waals surface area contributed by atoms with Gasteiger partial charge in [-0.3, -0.25) is 9.59 Å².